The van der Waals surface area contributed by atoms with Crippen LogP contribution in [-0.4, -0.2) is 25.8 Å². The van der Waals surface area contributed by atoms with E-state index in [1.165, 1.54) is 0 Å². The number of carbonyl (C=O) groups is 1. The van der Waals surface area contributed by atoms with Crippen molar-refractivity contribution in [3.63, 3.8) is 0 Å². The number of rotatable bonds is 3. The first-order chi connectivity index (χ1) is 8.52. The number of halogens is 1. The largest absolute Gasteiger partial charge is 0.475 e. The molecular weight excluding hydrogens is 345 g/mol. The molecule has 0 saturated heterocycles. The van der Waals surface area contributed by atoms with E-state index >= 15 is 0 Å². The zero-order valence-electron chi connectivity index (χ0n) is 10.0. The van der Waals surface area contributed by atoms with Gasteiger partial charge in [-0.15, -0.1) is 5.10 Å². The van der Waals surface area contributed by atoms with Crippen molar-refractivity contribution in [2.24, 2.45) is 0 Å². The molecule has 5 nitrogen and oxygen atoms in total. The third-order valence-corrected chi connectivity index (χ3v) is 3.25. The molecule has 18 heavy (non-hydrogen) atoms. The van der Waals surface area contributed by atoms with E-state index in [2.05, 4.69) is 32.7 Å². The summed E-state index contributed by atoms with van der Waals surface area (Å²) in [5.41, 5.74) is 1.91. The van der Waals surface area contributed by atoms with E-state index in [4.69, 9.17) is 5.11 Å². The van der Waals surface area contributed by atoms with Gasteiger partial charge in [-0.25, -0.2) is 14.5 Å². The number of carboxylic acid groups (broad SMARTS) is 1. The Kier molecular flexibility index (Phi) is 3.65. The van der Waals surface area contributed by atoms with Crippen LogP contribution in [0.15, 0.2) is 18.2 Å². The van der Waals surface area contributed by atoms with E-state index in [9.17, 15) is 4.79 Å². The molecular formula is C12H12IN3O2. The second-order valence-corrected chi connectivity index (χ2v) is 5.10. The van der Waals surface area contributed by atoms with Crippen LogP contribution in [0.25, 0.3) is 5.69 Å². The van der Waals surface area contributed by atoms with Crippen molar-refractivity contribution in [3.8, 4) is 5.69 Å². The van der Waals surface area contributed by atoms with E-state index in [1.807, 2.05) is 32.0 Å². The lowest BCUT2D eigenvalue weighted by Crippen LogP contribution is -2.05. The minimum absolute atomic E-state index is 0.162. The summed E-state index contributed by atoms with van der Waals surface area (Å²) in [6.07, 6.45) is 0.630. The van der Waals surface area contributed by atoms with Crippen molar-refractivity contribution >= 4 is 28.6 Å². The molecule has 0 radical (unpaired) electrons. The maximum atomic E-state index is 10.9. The number of hydrogen-bond donors (Lipinski definition) is 1. The van der Waals surface area contributed by atoms with Crippen molar-refractivity contribution < 1.29 is 9.90 Å². The van der Waals surface area contributed by atoms with Crippen LogP contribution in [0.4, 0.5) is 0 Å². The normalized spacial score (nSPS) is 10.6. The monoisotopic (exact) mass is 357 g/mol. The van der Waals surface area contributed by atoms with Gasteiger partial charge in [-0.1, -0.05) is 13.0 Å². The number of aryl methyl sites for hydroxylation is 2. The summed E-state index contributed by atoms with van der Waals surface area (Å²) in [7, 11) is 0. The van der Waals surface area contributed by atoms with Gasteiger partial charge in [0.1, 0.15) is 5.82 Å². The summed E-state index contributed by atoms with van der Waals surface area (Å²) in [5, 5.41) is 13.0. The molecule has 6 heteroatoms. The summed E-state index contributed by atoms with van der Waals surface area (Å²) in [6.45, 7) is 3.89. The summed E-state index contributed by atoms with van der Waals surface area (Å²) in [4.78, 5) is 15.0. The van der Waals surface area contributed by atoms with E-state index < -0.39 is 5.97 Å². The minimum Gasteiger partial charge on any atom is -0.475 e. The third kappa shape index (κ3) is 2.38. The molecule has 1 heterocycles. The van der Waals surface area contributed by atoms with Gasteiger partial charge in [0.05, 0.1) is 5.69 Å². The Morgan fingerprint density at radius 2 is 2.22 bits per heavy atom. The van der Waals surface area contributed by atoms with E-state index in [0.29, 0.717) is 12.2 Å². The van der Waals surface area contributed by atoms with Crippen LogP contribution < -0.4 is 0 Å². The standard InChI is InChI=1S/C12H12IN3O2/c1-3-10-14-11(12(17)18)15-16(10)9-6-8(13)5-4-7(9)2/h4-6H,3H2,1-2H3,(H,17,18). The number of nitrogens with zero attached hydrogens (tertiary/aromatic N) is 3. The average molecular weight is 357 g/mol. The predicted molar refractivity (Wildman–Crippen MR) is 75.2 cm³/mol. The van der Waals surface area contributed by atoms with E-state index in [0.717, 1.165) is 14.8 Å². The van der Waals surface area contributed by atoms with Crippen LogP contribution in [0, 0.1) is 10.5 Å². The number of benzene rings is 1. The maximum Gasteiger partial charge on any atom is 0.375 e. The Hall–Kier alpha value is -1.44. The molecule has 2 rings (SSSR count). The highest BCUT2D eigenvalue weighted by Crippen LogP contribution is 2.18. The third-order valence-electron chi connectivity index (χ3n) is 2.58. The Morgan fingerprint density at radius 1 is 1.50 bits per heavy atom. The molecule has 2 aromatic rings. The first-order valence-electron chi connectivity index (χ1n) is 5.48. The van der Waals surface area contributed by atoms with Gasteiger partial charge in [0, 0.05) is 9.99 Å². The lowest BCUT2D eigenvalue weighted by atomic mass is 10.2. The van der Waals surface area contributed by atoms with Crippen molar-refractivity contribution in [3.05, 3.63) is 39.0 Å². The first-order valence-corrected chi connectivity index (χ1v) is 6.56. The highest BCUT2D eigenvalue weighted by Gasteiger charge is 2.16. The lowest BCUT2D eigenvalue weighted by molar-refractivity contribution is 0.0683. The molecule has 0 spiro atoms. The van der Waals surface area contributed by atoms with Gasteiger partial charge in [-0.05, 0) is 47.2 Å². The Labute approximate surface area is 118 Å². The fourth-order valence-corrected chi connectivity index (χ4v) is 2.14. The molecule has 94 valence electrons. The fraction of sp³-hybridized carbons (Fsp3) is 0.250. The van der Waals surface area contributed by atoms with Gasteiger partial charge in [-0.2, -0.15) is 0 Å². The highest BCUT2D eigenvalue weighted by molar-refractivity contribution is 14.1. The quantitative estimate of drug-likeness (QED) is 0.857. The molecule has 0 aliphatic rings. The maximum absolute atomic E-state index is 10.9. The SMILES string of the molecule is CCc1nc(C(=O)O)nn1-c1cc(I)ccc1C. The highest BCUT2D eigenvalue weighted by atomic mass is 127. The van der Waals surface area contributed by atoms with Gasteiger partial charge in [0.25, 0.3) is 5.82 Å². The predicted octanol–water partition coefficient (Wildman–Crippen LogP) is 2.44. The van der Waals surface area contributed by atoms with Crippen LogP contribution in [0.5, 0.6) is 0 Å². The molecule has 0 unspecified atom stereocenters. The fourth-order valence-electron chi connectivity index (χ4n) is 1.67. The summed E-state index contributed by atoms with van der Waals surface area (Å²) in [5.74, 6) is -0.616. The van der Waals surface area contributed by atoms with Crippen LogP contribution in [0.2, 0.25) is 0 Å². The van der Waals surface area contributed by atoms with Crippen LogP contribution in [0.1, 0.15) is 28.9 Å². The smallest absolute Gasteiger partial charge is 0.375 e. The number of aromatic carboxylic acids is 1. The molecule has 0 saturated carbocycles. The molecule has 1 aromatic heterocycles. The van der Waals surface area contributed by atoms with Crippen molar-refractivity contribution in [1.82, 2.24) is 14.8 Å². The number of hydrogen-bond acceptors (Lipinski definition) is 3. The zero-order valence-corrected chi connectivity index (χ0v) is 12.2. The molecule has 1 N–H and O–H groups in total. The Morgan fingerprint density at radius 3 is 2.83 bits per heavy atom. The second kappa shape index (κ2) is 5.05. The van der Waals surface area contributed by atoms with Gasteiger partial charge in [-0.3, -0.25) is 0 Å². The number of carboxylic acids is 1. The molecule has 0 bridgehead atoms. The second-order valence-electron chi connectivity index (χ2n) is 3.85. The molecule has 0 aliphatic heterocycles. The van der Waals surface area contributed by atoms with Gasteiger partial charge in [0.15, 0.2) is 0 Å². The molecule has 0 atom stereocenters. The van der Waals surface area contributed by atoms with Crippen LogP contribution in [0.3, 0.4) is 0 Å². The summed E-state index contributed by atoms with van der Waals surface area (Å²) in [6, 6.07) is 5.95. The number of aromatic nitrogens is 3. The summed E-state index contributed by atoms with van der Waals surface area (Å²) >= 11 is 2.22. The van der Waals surface area contributed by atoms with Crippen LogP contribution >= 0.6 is 22.6 Å². The molecule has 1 aromatic carbocycles. The van der Waals surface area contributed by atoms with Gasteiger partial charge < -0.3 is 5.11 Å². The van der Waals surface area contributed by atoms with E-state index in [1.54, 1.807) is 4.68 Å². The van der Waals surface area contributed by atoms with E-state index in [-0.39, 0.29) is 5.82 Å². The van der Waals surface area contributed by atoms with Gasteiger partial charge >= 0.3 is 5.97 Å². The van der Waals surface area contributed by atoms with Crippen molar-refractivity contribution in [2.75, 3.05) is 0 Å². The Bertz CT molecular complexity index is 607. The van der Waals surface area contributed by atoms with Crippen molar-refractivity contribution in [1.29, 1.82) is 0 Å². The minimum atomic E-state index is -1.10. The average Bonchev–Trinajstić information content (AvgIpc) is 2.76. The molecule has 0 aliphatic carbocycles. The van der Waals surface area contributed by atoms with Gasteiger partial charge in [0.2, 0.25) is 0 Å². The first kappa shape index (κ1) is 13.0. The molecule has 0 amide bonds. The topological polar surface area (TPSA) is 68.0 Å². The lowest BCUT2D eigenvalue weighted by Gasteiger charge is -2.08. The zero-order chi connectivity index (χ0) is 13.3. The summed E-state index contributed by atoms with van der Waals surface area (Å²) < 4.78 is 2.68. The van der Waals surface area contributed by atoms with Crippen LogP contribution in [-0.2, 0) is 6.42 Å². The van der Waals surface area contributed by atoms with Crippen molar-refractivity contribution in [2.45, 2.75) is 20.3 Å². The molecule has 0 fully saturated rings. The Balaban J connectivity index is 2.62.